The summed E-state index contributed by atoms with van der Waals surface area (Å²) >= 11 is 0. The van der Waals surface area contributed by atoms with E-state index in [-0.39, 0.29) is 6.61 Å². The minimum Gasteiger partial charge on any atom is -0.497 e. The van der Waals surface area contributed by atoms with Crippen molar-refractivity contribution in [2.75, 3.05) is 7.11 Å². The first kappa shape index (κ1) is 12.5. The van der Waals surface area contributed by atoms with Crippen molar-refractivity contribution in [2.45, 2.75) is 6.61 Å². The third-order valence-electron chi connectivity index (χ3n) is 2.90. The number of hydrogen-bond acceptors (Lipinski definition) is 5. The van der Waals surface area contributed by atoms with Gasteiger partial charge in [0.2, 0.25) is 5.89 Å². The van der Waals surface area contributed by atoms with Crippen molar-refractivity contribution in [3.8, 4) is 28.7 Å². The molecule has 0 bridgehead atoms. The zero-order chi connectivity index (χ0) is 13.9. The van der Waals surface area contributed by atoms with Crippen molar-refractivity contribution in [1.29, 1.82) is 0 Å². The Hall–Kier alpha value is -2.53. The number of aromatic nitrogens is 1. The Labute approximate surface area is 115 Å². The zero-order valence-corrected chi connectivity index (χ0v) is 10.9. The first-order chi connectivity index (χ1) is 9.80. The van der Waals surface area contributed by atoms with Crippen LogP contribution in [0.25, 0.3) is 23.0 Å². The van der Waals surface area contributed by atoms with Crippen molar-refractivity contribution in [1.82, 2.24) is 4.98 Å². The predicted molar refractivity (Wildman–Crippen MR) is 72.1 cm³/mol. The summed E-state index contributed by atoms with van der Waals surface area (Å²) in [4.78, 5) is 4.22. The normalized spacial score (nSPS) is 10.7. The lowest BCUT2D eigenvalue weighted by atomic mass is 10.2. The fourth-order valence-electron chi connectivity index (χ4n) is 1.85. The van der Waals surface area contributed by atoms with Crippen LogP contribution in [0.4, 0.5) is 0 Å². The molecule has 1 N–H and O–H groups in total. The van der Waals surface area contributed by atoms with Gasteiger partial charge in [-0.3, -0.25) is 0 Å². The number of oxazole rings is 1. The SMILES string of the molecule is COc1ccc(-c2ncc(-c3ccc(CO)o3)o2)cc1. The van der Waals surface area contributed by atoms with E-state index in [9.17, 15) is 0 Å². The average Bonchev–Trinajstić information content (AvgIpc) is 3.16. The Kier molecular flexibility index (Phi) is 3.26. The highest BCUT2D eigenvalue weighted by Crippen LogP contribution is 2.28. The monoisotopic (exact) mass is 271 g/mol. The lowest BCUT2D eigenvalue weighted by Crippen LogP contribution is -1.82. The Morgan fingerprint density at radius 2 is 1.85 bits per heavy atom. The maximum atomic E-state index is 8.98. The van der Waals surface area contributed by atoms with E-state index in [0.717, 1.165) is 11.3 Å². The van der Waals surface area contributed by atoms with E-state index in [4.69, 9.17) is 18.7 Å². The number of rotatable bonds is 4. The van der Waals surface area contributed by atoms with Crippen LogP contribution in [0.2, 0.25) is 0 Å². The van der Waals surface area contributed by atoms with Crippen LogP contribution in [0.1, 0.15) is 5.76 Å². The smallest absolute Gasteiger partial charge is 0.226 e. The quantitative estimate of drug-likeness (QED) is 0.789. The summed E-state index contributed by atoms with van der Waals surface area (Å²) in [5, 5.41) is 8.98. The molecule has 0 radical (unpaired) electrons. The second kappa shape index (κ2) is 5.22. The molecule has 0 atom stereocenters. The summed E-state index contributed by atoms with van der Waals surface area (Å²) in [7, 11) is 1.62. The summed E-state index contributed by atoms with van der Waals surface area (Å²) in [5.41, 5.74) is 0.853. The highest BCUT2D eigenvalue weighted by molar-refractivity contribution is 5.58. The molecule has 5 nitrogen and oxygen atoms in total. The number of aliphatic hydroxyl groups is 1. The first-order valence-corrected chi connectivity index (χ1v) is 6.10. The number of ether oxygens (including phenoxy) is 1. The minimum absolute atomic E-state index is 0.139. The Balaban J connectivity index is 1.88. The third-order valence-corrected chi connectivity index (χ3v) is 2.90. The second-order valence-electron chi connectivity index (χ2n) is 4.18. The van der Waals surface area contributed by atoms with Gasteiger partial charge in [0.15, 0.2) is 11.5 Å². The lowest BCUT2D eigenvalue weighted by molar-refractivity contribution is 0.248. The van der Waals surface area contributed by atoms with Gasteiger partial charge in [-0.05, 0) is 36.4 Å². The molecular weight excluding hydrogens is 258 g/mol. The van der Waals surface area contributed by atoms with Gasteiger partial charge in [-0.1, -0.05) is 0 Å². The van der Waals surface area contributed by atoms with Crippen LogP contribution in [0.3, 0.4) is 0 Å². The van der Waals surface area contributed by atoms with Crippen molar-refractivity contribution in [3.63, 3.8) is 0 Å². The van der Waals surface area contributed by atoms with Crippen molar-refractivity contribution < 1.29 is 18.7 Å². The van der Waals surface area contributed by atoms with Crippen LogP contribution in [0, 0.1) is 0 Å². The molecule has 3 rings (SSSR count). The largest absolute Gasteiger partial charge is 0.497 e. The number of aliphatic hydroxyl groups excluding tert-OH is 1. The molecule has 0 aliphatic heterocycles. The van der Waals surface area contributed by atoms with E-state index in [1.54, 1.807) is 25.4 Å². The molecule has 2 heterocycles. The number of furan rings is 1. The number of methoxy groups -OCH3 is 1. The molecular formula is C15H13NO4. The van der Waals surface area contributed by atoms with E-state index >= 15 is 0 Å². The Morgan fingerprint density at radius 3 is 2.50 bits per heavy atom. The molecule has 102 valence electrons. The predicted octanol–water partition coefficient (Wildman–Crippen LogP) is 3.10. The topological polar surface area (TPSA) is 68.6 Å². The van der Waals surface area contributed by atoms with Crippen molar-refractivity contribution in [3.05, 3.63) is 48.4 Å². The van der Waals surface area contributed by atoms with Crippen LogP contribution in [-0.4, -0.2) is 17.2 Å². The van der Waals surface area contributed by atoms with Gasteiger partial charge in [-0.15, -0.1) is 0 Å². The van der Waals surface area contributed by atoms with Gasteiger partial charge >= 0.3 is 0 Å². The molecule has 0 aliphatic carbocycles. The molecule has 0 saturated carbocycles. The number of benzene rings is 1. The van der Waals surface area contributed by atoms with Gasteiger partial charge in [0.1, 0.15) is 18.1 Å². The molecule has 0 unspecified atom stereocenters. The van der Waals surface area contributed by atoms with E-state index in [0.29, 0.717) is 23.2 Å². The molecule has 2 aromatic heterocycles. The summed E-state index contributed by atoms with van der Waals surface area (Å²) in [5.74, 6) is 2.84. The molecule has 0 saturated heterocycles. The molecule has 0 fully saturated rings. The summed E-state index contributed by atoms with van der Waals surface area (Å²) in [6.45, 7) is -0.139. The minimum atomic E-state index is -0.139. The Bertz CT molecular complexity index is 697. The summed E-state index contributed by atoms with van der Waals surface area (Å²) in [6.07, 6.45) is 1.60. The maximum absolute atomic E-state index is 8.98. The van der Waals surface area contributed by atoms with Crippen molar-refractivity contribution in [2.24, 2.45) is 0 Å². The number of hydrogen-bond donors (Lipinski definition) is 1. The van der Waals surface area contributed by atoms with Crippen molar-refractivity contribution >= 4 is 0 Å². The highest BCUT2D eigenvalue weighted by atomic mass is 16.5. The van der Waals surface area contributed by atoms with Gasteiger partial charge in [-0.2, -0.15) is 0 Å². The molecule has 5 heteroatoms. The second-order valence-corrected chi connectivity index (χ2v) is 4.18. The van der Waals surface area contributed by atoms with Gasteiger partial charge in [0.25, 0.3) is 0 Å². The average molecular weight is 271 g/mol. The molecule has 0 amide bonds. The zero-order valence-electron chi connectivity index (χ0n) is 10.9. The maximum Gasteiger partial charge on any atom is 0.226 e. The van der Waals surface area contributed by atoms with E-state index in [2.05, 4.69) is 4.98 Å². The molecule has 1 aromatic carbocycles. The fourth-order valence-corrected chi connectivity index (χ4v) is 1.85. The standard InChI is InChI=1S/C15H13NO4/c1-18-11-4-2-10(3-5-11)15-16-8-14(20-15)13-7-6-12(9-17)19-13/h2-8,17H,9H2,1H3. The van der Waals surface area contributed by atoms with Gasteiger partial charge < -0.3 is 18.7 Å². The van der Waals surface area contributed by atoms with E-state index in [1.807, 2.05) is 24.3 Å². The van der Waals surface area contributed by atoms with Gasteiger partial charge in [0.05, 0.1) is 13.3 Å². The fraction of sp³-hybridized carbons (Fsp3) is 0.133. The third kappa shape index (κ3) is 2.31. The first-order valence-electron chi connectivity index (χ1n) is 6.10. The van der Waals surface area contributed by atoms with E-state index < -0.39 is 0 Å². The van der Waals surface area contributed by atoms with Crippen LogP contribution >= 0.6 is 0 Å². The Morgan fingerprint density at radius 1 is 1.05 bits per heavy atom. The lowest BCUT2D eigenvalue weighted by Gasteiger charge is -1.99. The number of nitrogens with zero attached hydrogens (tertiary/aromatic N) is 1. The van der Waals surface area contributed by atoms with Crippen LogP contribution in [0.15, 0.2) is 51.4 Å². The van der Waals surface area contributed by atoms with Crippen LogP contribution in [0.5, 0.6) is 5.75 Å². The highest BCUT2D eigenvalue weighted by Gasteiger charge is 2.11. The molecule has 3 aromatic rings. The molecule has 20 heavy (non-hydrogen) atoms. The van der Waals surface area contributed by atoms with Gasteiger partial charge in [-0.25, -0.2) is 4.98 Å². The van der Waals surface area contributed by atoms with Crippen LogP contribution in [-0.2, 0) is 6.61 Å². The summed E-state index contributed by atoms with van der Waals surface area (Å²) < 4.78 is 16.2. The summed E-state index contributed by atoms with van der Waals surface area (Å²) in [6, 6.07) is 10.9. The van der Waals surface area contributed by atoms with E-state index in [1.165, 1.54) is 0 Å². The molecule has 0 aliphatic rings. The van der Waals surface area contributed by atoms with Gasteiger partial charge in [0, 0.05) is 5.56 Å². The molecule has 0 spiro atoms. The van der Waals surface area contributed by atoms with Crippen LogP contribution < -0.4 is 4.74 Å².